The van der Waals surface area contributed by atoms with Crippen LogP contribution in [-0.4, -0.2) is 35.1 Å². The Morgan fingerprint density at radius 1 is 1.50 bits per heavy atom. The molecule has 0 saturated carbocycles. The lowest BCUT2D eigenvalue weighted by atomic mass is 9.92. The summed E-state index contributed by atoms with van der Waals surface area (Å²) in [6.45, 7) is 6.89. The van der Waals surface area contributed by atoms with E-state index in [2.05, 4.69) is 40.9 Å². The first-order valence-electron chi connectivity index (χ1n) is 7.22. The highest BCUT2D eigenvalue weighted by molar-refractivity contribution is 7.07. The largest absolute Gasteiger partial charge is 0.375 e. The zero-order valence-corrected chi connectivity index (χ0v) is 13.1. The summed E-state index contributed by atoms with van der Waals surface area (Å²) >= 11 is 1.67. The fourth-order valence-electron chi connectivity index (χ4n) is 3.25. The zero-order valence-electron chi connectivity index (χ0n) is 12.3. The Balaban J connectivity index is 1.86. The van der Waals surface area contributed by atoms with E-state index in [1.807, 2.05) is 6.92 Å². The second kappa shape index (κ2) is 5.13. The van der Waals surface area contributed by atoms with Crippen molar-refractivity contribution in [3.05, 3.63) is 22.4 Å². The Kier molecular flexibility index (Phi) is 3.60. The molecule has 2 fully saturated rings. The van der Waals surface area contributed by atoms with Crippen molar-refractivity contribution in [2.24, 2.45) is 0 Å². The van der Waals surface area contributed by atoms with Gasteiger partial charge < -0.3 is 9.64 Å². The number of ether oxygens (including phenoxy) is 1. The van der Waals surface area contributed by atoms with Gasteiger partial charge in [0.2, 0.25) is 5.91 Å². The molecular formula is C15H22N2O2S. The minimum atomic E-state index is -0.145. The van der Waals surface area contributed by atoms with Crippen LogP contribution in [0.15, 0.2) is 16.8 Å². The molecule has 5 heteroatoms. The van der Waals surface area contributed by atoms with E-state index in [9.17, 15) is 4.79 Å². The van der Waals surface area contributed by atoms with E-state index in [0.717, 1.165) is 19.4 Å². The topological polar surface area (TPSA) is 41.6 Å². The molecular weight excluding hydrogens is 272 g/mol. The van der Waals surface area contributed by atoms with Gasteiger partial charge in [-0.05, 0) is 56.0 Å². The SMILES string of the molecule is CC1NC(c2ccsc2)N(C2CCOC(C)(C)C2)C1=O. The molecule has 1 aromatic heterocycles. The van der Waals surface area contributed by atoms with Crippen LogP contribution in [0.3, 0.4) is 0 Å². The summed E-state index contributed by atoms with van der Waals surface area (Å²) in [4.78, 5) is 14.6. The van der Waals surface area contributed by atoms with Crippen molar-refractivity contribution in [2.75, 3.05) is 6.61 Å². The molecule has 3 heterocycles. The minimum absolute atomic E-state index is 0.0163. The second-order valence-corrected chi connectivity index (χ2v) is 7.13. The van der Waals surface area contributed by atoms with Crippen molar-refractivity contribution in [1.29, 1.82) is 0 Å². The van der Waals surface area contributed by atoms with Gasteiger partial charge in [0, 0.05) is 12.6 Å². The second-order valence-electron chi connectivity index (χ2n) is 6.35. The Morgan fingerprint density at radius 2 is 2.30 bits per heavy atom. The van der Waals surface area contributed by atoms with Crippen molar-refractivity contribution in [3.63, 3.8) is 0 Å². The van der Waals surface area contributed by atoms with Crippen LogP contribution in [0, 0.1) is 0 Å². The number of rotatable bonds is 2. The number of amides is 1. The summed E-state index contributed by atoms with van der Waals surface area (Å²) in [6, 6.07) is 2.25. The summed E-state index contributed by atoms with van der Waals surface area (Å²) in [5.41, 5.74) is 1.05. The molecule has 3 atom stereocenters. The third kappa shape index (κ3) is 2.50. The van der Waals surface area contributed by atoms with Gasteiger partial charge in [0.15, 0.2) is 0 Å². The molecule has 110 valence electrons. The maximum atomic E-state index is 12.5. The summed E-state index contributed by atoms with van der Waals surface area (Å²) in [7, 11) is 0. The number of hydrogen-bond donors (Lipinski definition) is 1. The lowest BCUT2D eigenvalue weighted by Crippen LogP contribution is -2.48. The van der Waals surface area contributed by atoms with Gasteiger partial charge in [0.25, 0.3) is 0 Å². The molecule has 1 N–H and O–H groups in total. The summed E-state index contributed by atoms with van der Waals surface area (Å²) < 4.78 is 5.79. The first-order valence-corrected chi connectivity index (χ1v) is 8.16. The Morgan fingerprint density at radius 3 is 2.95 bits per heavy atom. The third-order valence-corrected chi connectivity index (χ3v) is 4.94. The number of carbonyl (C=O) groups is 1. The molecule has 2 saturated heterocycles. The van der Waals surface area contributed by atoms with Gasteiger partial charge in [-0.15, -0.1) is 0 Å². The number of nitrogens with one attached hydrogen (secondary N) is 1. The van der Waals surface area contributed by atoms with E-state index in [0.29, 0.717) is 0 Å². The van der Waals surface area contributed by atoms with E-state index in [4.69, 9.17) is 4.74 Å². The lowest BCUT2D eigenvalue weighted by molar-refractivity contribution is -0.139. The maximum absolute atomic E-state index is 12.5. The van der Waals surface area contributed by atoms with E-state index >= 15 is 0 Å². The Bertz CT molecular complexity index is 486. The molecule has 3 rings (SSSR count). The Labute approximate surface area is 124 Å². The molecule has 0 bridgehead atoms. The van der Waals surface area contributed by atoms with Gasteiger partial charge in [-0.1, -0.05) is 0 Å². The van der Waals surface area contributed by atoms with E-state index in [-0.39, 0.29) is 29.8 Å². The lowest BCUT2D eigenvalue weighted by Gasteiger charge is -2.41. The molecule has 2 aliphatic heterocycles. The molecule has 3 unspecified atom stereocenters. The molecule has 1 aromatic rings. The first kappa shape index (κ1) is 14.0. The fourth-order valence-corrected chi connectivity index (χ4v) is 3.93. The number of nitrogens with zero attached hydrogens (tertiary/aromatic N) is 1. The predicted octanol–water partition coefficient (Wildman–Crippen LogP) is 2.52. The minimum Gasteiger partial charge on any atom is -0.375 e. The van der Waals surface area contributed by atoms with Crippen LogP contribution in [0.5, 0.6) is 0 Å². The standard InChI is InChI=1S/C15H22N2O2S/c1-10-14(18)17(12-4-6-19-15(2,3)8-12)13(16-10)11-5-7-20-9-11/h5,7,9-10,12-13,16H,4,6,8H2,1-3H3. The van der Waals surface area contributed by atoms with Crippen LogP contribution >= 0.6 is 11.3 Å². The van der Waals surface area contributed by atoms with Crippen molar-refractivity contribution in [1.82, 2.24) is 10.2 Å². The number of carbonyl (C=O) groups excluding carboxylic acids is 1. The van der Waals surface area contributed by atoms with E-state index in [1.165, 1.54) is 5.56 Å². The van der Waals surface area contributed by atoms with Crippen LogP contribution in [0.1, 0.15) is 45.3 Å². The van der Waals surface area contributed by atoms with Crippen molar-refractivity contribution >= 4 is 17.2 Å². The summed E-state index contributed by atoms with van der Waals surface area (Å²) in [5, 5.41) is 7.61. The smallest absolute Gasteiger partial charge is 0.241 e. The highest BCUT2D eigenvalue weighted by atomic mass is 32.1. The van der Waals surface area contributed by atoms with Gasteiger partial charge in [-0.3, -0.25) is 10.1 Å². The van der Waals surface area contributed by atoms with Crippen molar-refractivity contribution in [3.8, 4) is 0 Å². The maximum Gasteiger partial charge on any atom is 0.241 e. The summed E-state index contributed by atoms with van der Waals surface area (Å²) in [5.74, 6) is 0.212. The van der Waals surface area contributed by atoms with Gasteiger partial charge in [-0.25, -0.2) is 0 Å². The van der Waals surface area contributed by atoms with Crippen LogP contribution < -0.4 is 5.32 Å². The van der Waals surface area contributed by atoms with E-state index < -0.39 is 0 Å². The Hall–Kier alpha value is -0.910. The van der Waals surface area contributed by atoms with Crippen molar-refractivity contribution in [2.45, 2.75) is 57.5 Å². The summed E-state index contributed by atoms with van der Waals surface area (Å²) in [6.07, 6.45) is 1.83. The molecule has 0 radical (unpaired) electrons. The quantitative estimate of drug-likeness (QED) is 0.911. The highest BCUT2D eigenvalue weighted by Gasteiger charge is 2.44. The van der Waals surface area contributed by atoms with Crippen LogP contribution in [0.4, 0.5) is 0 Å². The molecule has 0 aromatic carbocycles. The molecule has 0 aliphatic carbocycles. The molecule has 0 spiro atoms. The molecule has 1 amide bonds. The molecule has 20 heavy (non-hydrogen) atoms. The number of thiophene rings is 1. The number of hydrogen-bond acceptors (Lipinski definition) is 4. The normalized spacial score (nSPS) is 33.6. The first-order chi connectivity index (χ1) is 9.48. The van der Waals surface area contributed by atoms with Gasteiger partial charge in [0.05, 0.1) is 11.6 Å². The average Bonchev–Trinajstić information content (AvgIpc) is 2.98. The monoisotopic (exact) mass is 294 g/mol. The van der Waals surface area contributed by atoms with Crippen LogP contribution in [0.2, 0.25) is 0 Å². The predicted molar refractivity (Wildman–Crippen MR) is 79.6 cm³/mol. The van der Waals surface area contributed by atoms with Gasteiger partial charge in [0.1, 0.15) is 6.17 Å². The van der Waals surface area contributed by atoms with Crippen molar-refractivity contribution < 1.29 is 9.53 Å². The van der Waals surface area contributed by atoms with Crippen LogP contribution in [0.25, 0.3) is 0 Å². The van der Waals surface area contributed by atoms with Gasteiger partial charge >= 0.3 is 0 Å². The molecule has 4 nitrogen and oxygen atoms in total. The average molecular weight is 294 g/mol. The fraction of sp³-hybridized carbons (Fsp3) is 0.667. The van der Waals surface area contributed by atoms with Gasteiger partial charge in [-0.2, -0.15) is 11.3 Å². The van der Waals surface area contributed by atoms with E-state index in [1.54, 1.807) is 11.3 Å². The zero-order chi connectivity index (χ0) is 14.3. The third-order valence-electron chi connectivity index (χ3n) is 4.23. The highest BCUT2D eigenvalue weighted by Crippen LogP contribution is 2.35. The van der Waals surface area contributed by atoms with Crippen LogP contribution in [-0.2, 0) is 9.53 Å². The molecule has 2 aliphatic rings.